The zero-order valence-electron chi connectivity index (χ0n) is 12.9. The molecule has 25 heavy (non-hydrogen) atoms. The molecule has 1 aromatic heterocycles. The molecule has 0 unspecified atom stereocenters. The molecule has 9 heteroatoms. The molecule has 1 heterocycles. The van der Waals surface area contributed by atoms with Gasteiger partial charge in [-0.25, -0.2) is 4.68 Å². The quantitative estimate of drug-likeness (QED) is 0.645. The summed E-state index contributed by atoms with van der Waals surface area (Å²) in [5, 5.41) is 15.8. The van der Waals surface area contributed by atoms with Gasteiger partial charge in [0, 0.05) is 5.02 Å². The fourth-order valence-corrected chi connectivity index (χ4v) is 3.08. The molecule has 0 saturated carbocycles. The molecule has 3 rings (SSSR count). The van der Waals surface area contributed by atoms with E-state index in [1.165, 1.54) is 11.8 Å². The van der Waals surface area contributed by atoms with Crippen molar-refractivity contribution >= 4 is 46.6 Å². The summed E-state index contributed by atoms with van der Waals surface area (Å²) in [6, 6.07) is 14.7. The maximum Gasteiger partial charge on any atom is 0.234 e. The van der Waals surface area contributed by atoms with Crippen LogP contribution in [0.25, 0.3) is 0 Å². The monoisotopic (exact) mass is 393 g/mol. The van der Waals surface area contributed by atoms with Crippen molar-refractivity contribution in [1.29, 1.82) is 0 Å². The van der Waals surface area contributed by atoms with Gasteiger partial charge in [-0.15, -0.1) is 5.10 Å². The van der Waals surface area contributed by atoms with E-state index < -0.39 is 0 Å². The normalized spacial score (nSPS) is 10.6. The number of thioether (sulfide) groups is 1. The van der Waals surface area contributed by atoms with Crippen LogP contribution < -0.4 is 5.32 Å². The second-order valence-electron chi connectivity index (χ2n) is 5.07. The van der Waals surface area contributed by atoms with E-state index in [1.54, 1.807) is 22.9 Å². The van der Waals surface area contributed by atoms with E-state index in [0.717, 1.165) is 5.56 Å². The second-order valence-corrected chi connectivity index (χ2v) is 6.85. The predicted octanol–water partition coefficient (Wildman–Crippen LogP) is 3.76. The summed E-state index contributed by atoms with van der Waals surface area (Å²) in [6.45, 7) is 0.540. The Balaban J connectivity index is 1.59. The Bertz CT molecular complexity index is 872. The van der Waals surface area contributed by atoms with E-state index in [1.807, 2.05) is 30.3 Å². The molecule has 1 N–H and O–H groups in total. The van der Waals surface area contributed by atoms with Gasteiger partial charge in [0.1, 0.15) is 0 Å². The van der Waals surface area contributed by atoms with Crippen LogP contribution in [0.5, 0.6) is 0 Å². The predicted molar refractivity (Wildman–Crippen MR) is 99.2 cm³/mol. The first-order valence-corrected chi connectivity index (χ1v) is 9.04. The lowest BCUT2D eigenvalue weighted by Gasteiger charge is -2.08. The van der Waals surface area contributed by atoms with Gasteiger partial charge in [-0.2, -0.15) is 0 Å². The Kier molecular flexibility index (Phi) is 5.91. The lowest BCUT2D eigenvalue weighted by atomic mass is 10.2. The maximum atomic E-state index is 12.1. The molecular weight excluding hydrogens is 381 g/mol. The molecule has 0 fully saturated rings. The van der Waals surface area contributed by atoms with Gasteiger partial charge < -0.3 is 5.32 Å². The highest BCUT2D eigenvalue weighted by Crippen LogP contribution is 2.26. The van der Waals surface area contributed by atoms with E-state index in [-0.39, 0.29) is 11.7 Å². The number of amides is 1. The SMILES string of the molecule is O=C(CSc1nnnn1Cc1ccccc1)Nc1cc(Cl)ccc1Cl. The second kappa shape index (κ2) is 8.33. The van der Waals surface area contributed by atoms with Crippen LogP contribution in [0.3, 0.4) is 0 Å². The first-order chi connectivity index (χ1) is 12.1. The standard InChI is InChI=1S/C16H13Cl2N5OS/c17-12-6-7-13(18)14(8-12)19-15(24)10-25-16-20-21-22-23(16)9-11-4-2-1-3-5-11/h1-8H,9-10H2,(H,19,24). The number of nitrogens with one attached hydrogen (secondary N) is 1. The summed E-state index contributed by atoms with van der Waals surface area (Å²) in [5.41, 5.74) is 1.55. The number of carbonyl (C=O) groups excluding carboxylic acids is 1. The topological polar surface area (TPSA) is 72.7 Å². The molecule has 0 aliphatic rings. The van der Waals surface area contributed by atoms with E-state index in [4.69, 9.17) is 23.2 Å². The molecule has 0 atom stereocenters. The molecule has 2 aromatic carbocycles. The molecule has 0 aliphatic carbocycles. The third-order valence-corrected chi connectivity index (χ3v) is 4.73. The summed E-state index contributed by atoms with van der Waals surface area (Å²) in [5.74, 6) is -0.0682. The molecule has 6 nitrogen and oxygen atoms in total. The number of carbonyl (C=O) groups is 1. The lowest BCUT2D eigenvalue weighted by molar-refractivity contribution is -0.113. The number of hydrogen-bond acceptors (Lipinski definition) is 5. The van der Waals surface area contributed by atoms with Gasteiger partial charge in [0.15, 0.2) is 0 Å². The van der Waals surface area contributed by atoms with Crippen LogP contribution in [0.2, 0.25) is 10.0 Å². The Hall–Kier alpha value is -2.09. The summed E-state index contributed by atoms with van der Waals surface area (Å²) < 4.78 is 1.65. The van der Waals surface area contributed by atoms with Gasteiger partial charge in [0.05, 0.1) is 23.0 Å². The summed E-state index contributed by atoms with van der Waals surface area (Å²) in [6.07, 6.45) is 0. The number of halogens is 2. The smallest absolute Gasteiger partial charge is 0.234 e. The highest BCUT2D eigenvalue weighted by molar-refractivity contribution is 7.99. The number of aromatic nitrogens is 4. The largest absolute Gasteiger partial charge is 0.324 e. The van der Waals surface area contributed by atoms with Gasteiger partial charge in [-0.05, 0) is 34.2 Å². The Labute approximate surface area is 158 Å². The minimum Gasteiger partial charge on any atom is -0.324 e. The zero-order valence-corrected chi connectivity index (χ0v) is 15.2. The molecule has 0 aliphatic heterocycles. The number of anilines is 1. The van der Waals surface area contributed by atoms with Crippen LogP contribution in [0, 0.1) is 0 Å². The van der Waals surface area contributed by atoms with Crippen molar-refractivity contribution in [1.82, 2.24) is 20.2 Å². The van der Waals surface area contributed by atoms with Crippen molar-refractivity contribution < 1.29 is 4.79 Å². The van der Waals surface area contributed by atoms with E-state index in [0.29, 0.717) is 27.4 Å². The third kappa shape index (κ3) is 4.94. The van der Waals surface area contributed by atoms with Gasteiger partial charge in [-0.1, -0.05) is 65.3 Å². The van der Waals surface area contributed by atoms with Gasteiger partial charge >= 0.3 is 0 Å². The minimum atomic E-state index is -0.219. The molecular formula is C16H13Cl2N5OS. The lowest BCUT2D eigenvalue weighted by Crippen LogP contribution is -2.15. The van der Waals surface area contributed by atoms with Gasteiger partial charge in [0.25, 0.3) is 0 Å². The van der Waals surface area contributed by atoms with E-state index >= 15 is 0 Å². The fourth-order valence-electron chi connectivity index (χ4n) is 2.07. The van der Waals surface area contributed by atoms with Crippen molar-refractivity contribution in [3.8, 4) is 0 Å². The van der Waals surface area contributed by atoms with Crippen molar-refractivity contribution in [2.24, 2.45) is 0 Å². The minimum absolute atomic E-state index is 0.151. The van der Waals surface area contributed by atoms with Crippen molar-refractivity contribution in [3.05, 3.63) is 64.1 Å². The highest BCUT2D eigenvalue weighted by atomic mass is 35.5. The van der Waals surface area contributed by atoms with E-state index in [2.05, 4.69) is 20.8 Å². The van der Waals surface area contributed by atoms with Crippen LogP contribution in [0.4, 0.5) is 5.69 Å². The molecule has 3 aromatic rings. The van der Waals surface area contributed by atoms with Crippen LogP contribution >= 0.6 is 35.0 Å². The Morgan fingerprint density at radius 3 is 2.76 bits per heavy atom. The highest BCUT2D eigenvalue weighted by Gasteiger charge is 2.12. The molecule has 1 amide bonds. The maximum absolute atomic E-state index is 12.1. The molecule has 128 valence electrons. The van der Waals surface area contributed by atoms with Crippen LogP contribution in [0.1, 0.15) is 5.56 Å². The third-order valence-electron chi connectivity index (χ3n) is 3.21. The van der Waals surface area contributed by atoms with Crippen molar-refractivity contribution in [2.75, 3.05) is 11.1 Å². The van der Waals surface area contributed by atoms with Gasteiger partial charge in [0.2, 0.25) is 11.1 Å². The summed E-state index contributed by atoms with van der Waals surface area (Å²) in [4.78, 5) is 12.1. The van der Waals surface area contributed by atoms with Crippen LogP contribution in [-0.4, -0.2) is 31.9 Å². The fraction of sp³-hybridized carbons (Fsp3) is 0.125. The molecule has 0 saturated heterocycles. The molecule has 0 radical (unpaired) electrons. The summed E-state index contributed by atoms with van der Waals surface area (Å²) >= 11 is 13.2. The average molecular weight is 394 g/mol. The van der Waals surface area contributed by atoms with Crippen LogP contribution in [0.15, 0.2) is 53.7 Å². The van der Waals surface area contributed by atoms with Gasteiger partial charge in [-0.3, -0.25) is 4.79 Å². The number of nitrogens with zero attached hydrogens (tertiary/aromatic N) is 4. The first kappa shape index (κ1) is 17.7. The Morgan fingerprint density at radius 1 is 1.16 bits per heavy atom. The number of tetrazole rings is 1. The number of rotatable bonds is 6. The number of benzene rings is 2. The average Bonchev–Trinajstić information content (AvgIpc) is 3.04. The van der Waals surface area contributed by atoms with E-state index in [9.17, 15) is 4.79 Å². The van der Waals surface area contributed by atoms with Crippen LogP contribution in [-0.2, 0) is 11.3 Å². The van der Waals surface area contributed by atoms with Crippen molar-refractivity contribution in [3.63, 3.8) is 0 Å². The Morgan fingerprint density at radius 2 is 1.96 bits per heavy atom. The summed E-state index contributed by atoms with van der Waals surface area (Å²) in [7, 11) is 0. The number of hydrogen-bond donors (Lipinski definition) is 1. The first-order valence-electron chi connectivity index (χ1n) is 7.29. The molecule has 0 spiro atoms. The zero-order chi connectivity index (χ0) is 17.6. The van der Waals surface area contributed by atoms with Crippen molar-refractivity contribution in [2.45, 2.75) is 11.7 Å². The molecule has 0 bridgehead atoms.